The van der Waals surface area contributed by atoms with Crippen LogP contribution in [0.5, 0.6) is 5.75 Å². The topological polar surface area (TPSA) is 115 Å². The van der Waals surface area contributed by atoms with Gasteiger partial charge in [-0.15, -0.1) is 0 Å². The van der Waals surface area contributed by atoms with Crippen LogP contribution in [0.1, 0.15) is 16.1 Å². The highest BCUT2D eigenvalue weighted by atomic mass is 32.1. The smallest absolute Gasteiger partial charge is 0.293 e. The molecule has 0 atom stereocenters. The van der Waals surface area contributed by atoms with Crippen LogP contribution >= 0.6 is 11.3 Å². The van der Waals surface area contributed by atoms with Crippen LogP contribution in [-0.2, 0) is 0 Å². The molecule has 10 nitrogen and oxygen atoms in total. The summed E-state index contributed by atoms with van der Waals surface area (Å²) in [4.78, 5) is 30.1. The lowest BCUT2D eigenvalue weighted by Crippen LogP contribution is -2.16. The molecule has 1 amide bonds. The average Bonchev–Trinajstić information content (AvgIpc) is 3.35. The maximum Gasteiger partial charge on any atom is 0.293 e. The van der Waals surface area contributed by atoms with E-state index in [0.717, 1.165) is 16.0 Å². The van der Waals surface area contributed by atoms with Crippen LogP contribution in [0.3, 0.4) is 0 Å². The van der Waals surface area contributed by atoms with Crippen molar-refractivity contribution in [2.24, 2.45) is 0 Å². The van der Waals surface area contributed by atoms with Crippen LogP contribution in [0.15, 0.2) is 42.5 Å². The van der Waals surface area contributed by atoms with Gasteiger partial charge in [-0.25, -0.2) is 4.98 Å². The number of fused-ring (bicyclic) bond motifs is 1. The van der Waals surface area contributed by atoms with E-state index < -0.39 is 10.8 Å². The van der Waals surface area contributed by atoms with Gasteiger partial charge in [-0.1, -0.05) is 11.3 Å². The van der Waals surface area contributed by atoms with E-state index in [-0.39, 0.29) is 11.3 Å². The number of nitro groups is 1. The second-order valence-corrected chi connectivity index (χ2v) is 8.23. The van der Waals surface area contributed by atoms with E-state index >= 15 is 0 Å². The Morgan fingerprint density at radius 2 is 2.00 bits per heavy atom. The molecule has 0 saturated heterocycles. The average molecular weight is 452 g/mol. The molecule has 0 aliphatic heterocycles. The number of benzene rings is 2. The molecule has 4 aromatic rings. The first kappa shape index (κ1) is 21.2. The number of hydrogen-bond donors (Lipinski definition) is 1. The second kappa shape index (κ2) is 8.27. The zero-order chi connectivity index (χ0) is 23.0. The Kier molecular flexibility index (Phi) is 5.49. The lowest BCUT2D eigenvalue weighted by atomic mass is 10.1. The first-order valence-corrected chi connectivity index (χ1v) is 10.4. The van der Waals surface area contributed by atoms with E-state index in [1.54, 1.807) is 55.9 Å². The molecule has 0 radical (unpaired) electrons. The highest BCUT2D eigenvalue weighted by molar-refractivity contribution is 7.20. The number of amides is 1. The van der Waals surface area contributed by atoms with Crippen molar-refractivity contribution in [2.75, 3.05) is 31.4 Å². The van der Waals surface area contributed by atoms with E-state index in [2.05, 4.69) is 15.4 Å². The number of nitro benzene ring substituents is 1. The second-order valence-electron chi connectivity index (χ2n) is 7.22. The van der Waals surface area contributed by atoms with Crippen molar-refractivity contribution in [3.63, 3.8) is 0 Å². The molecule has 0 aliphatic carbocycles. The van der Waals surface area contributed by atoms with Crippen LogP contribution in [0, 0.1) is 17.0 Å². The van der Waals surface area contributed by atoms with Crippen molar-refractivity contribution >= 4 is 44.7 Å². The largest absolute Gasteiger partial charge is 0.497 e. The lowest BCUT2D eigenvalue weighted by Gasteiger charge is -2.13. The summed E-state index contributed by atoms with van der Waals surface area (Å²) < 4.78 is 7.73. The number of anilines is 2. The van der Waals surface area contributed by atoms with Crippen molar-refractivity contribution in [1.82, 2.24) is 14.8 Å². The van der Waals surface area contributed by atoms with Gasteiger partial charge in [0.1, 0.15) is 17.3 Å². The molecule has 0 spiro atoms. The van der Waals surface area contributed by atoms with Crippen LogP contribution < -0.4 is 15.0 Å². The fraction of sp³-hybridized carbons (Fsp3) is 0.190. The maximum absolute atomic E-state index is 12.9. The molecule has 0 aliphatic rings. The quantitative estimate of drug-likeness (QED) is 0.347. The highest BCUT2D eigenvalue weighted by Gasteiger charge is 2.21. The van der Waals surface area contributed by atoms with Gasteiger partial charge >= 0.3 is 0 Å². The Hall–Kier alpha value is -3.99. The number of aryl methyl sites for hydroxylation is 1. The van der Waals surface area contributed by atoms with Crippen molar-refractivity contribution < 1.29 is 14.5 Å². The third-order valence-corrected chi connectivity index (χ3v) is 5.75. The Balaban J connectivity index is 1.67. The number of hydrogen-bond acceptors (Lipinski definition) is 8. The van der Waals surface area contributed by atoms with Gasteiger partial charge in [0.25, 0.3) is 11.6 Å². The normalized spacial score (nSPS) is 10.9. The molecule has 0 unspecified atom stereocenters. The van der Waals surface area contributed by atoms with Gasteiger partial charge in [0.05, 0.1) is 27.9 Å². The van der Waals surface area contributed by atoms with Gasteiger partial charge < -0.3 is 15.0 Å². The molecule has 4 rings (SSSR count). The number of methoxy groups -OCH3 is 1. The van der Waals surface area contributed by atoms with E-state index in [9.17, 15) is 14.9 Å². The summed E-state index contributed by atoms with van der Waals surface area (Å²) in [6.45, 7) is 1.80. The predicted octanol–water partition coefficient (Wildman–Crippen LogP) is 4.03. The third kappa shape index (κ3) is 3.97. The fourth-order valence-electron chi connectivity index (χ4n) is 3.22. The number of nitrogens with zero attached hydrogens (tertiary/aromatic N) is 5. The Morgan fingerprint density at radius 3 is 2.69 bits per heavy atom. The Labute approximate surface area is 187 Å². The highest BCUT2D eigenvalue weighted by Crippen LogP contribution is 2.31. The molecule has 1 N–H and O–H groups in total. The summed E-state index contributed by atoms with van der Waals surface area (Å²) in [7, 11) is 5.01. The molecular formula is C21H20N6O4S. The first-order chi connectivity index (χ1) is 15.3. The Bertz CT molecular complexity index is 1340. The van der Waals surface area contributed by atoms with Gasteiger partial charge in [-0.3, -0.25) is 14.9 Å². The molecule has 2 aromatic carbocycles. The van der Waals surface area contributed by atoms with Gasteiger partial charge in [0.2, 0.25) is 5.13 Å². The lowest BCUT2D eigenvalue weighted by molar-refractivity contribution is -0.384. The van der Waals surface area contributed by atoms with E-state index in [4.69, 9.17) is 4.74 Å². The van der Waals surface area contributed by atoms with Gasteiger partial charge in [0, 0.05) is 31.8 Å². The first-order valence-electron chi connectivity index (χ1n) is 9.55. The number of rotatable bonds is 6. The maximum atomic E-state index is 12.9. The number of aromatic nitrogens is 3. The zero-order valence-corrected chi connectivity index (χ0v) is 18.6. The monoisotopic (exact) mass is 452 g/mol. The number of ether oxygens (including phenoxy) is 1. The molecule has 0 fully saturated rings. The zero-order valence-electron chi connectivity index (χ0n) is 17.8. The number of thiazole rings is 1. The molecule has 0 saturated carbocycles. The minimum Gasteiger partial charge on any atom is -0.497 e. The summed E-state index contributed by atoms with van der Waals surface area (Å²) in [6, 6.07) is 11.7. The Morgan fingerprint density at radius 1 is 1.22 bits per heavy atom. The van der Waals surface area contributed by atoms with Crippen LogP contribution in [-0.4, -0.2) is 46.8 Å². The number of carbonyl (C=O) groups excluding carboxylic acids is 1. The van der Waals surface area contributed by atoms with E-state index in [1.165, 1.54) is 17.4 Å². The van der Waals surface area contributed by atoms with Gasteiger partial charge in [-0.2, -0.15) is 9.78 Å². The van der Waals surface area contributed by atoms with Crippen molar-refractivity contribution in [3.8, 4) is 10.9 Å². The molecule has 164 valence electrons. The molecular weight excluding hydrogens is 432 g/mol. The number of nitrogens with one attached hydrogen (secondary N) is 1. The molecule has 32 heavy (non-hydrogen) atoms. The van der Waals surface area contributed by atoms with Crippen molar-refractivity contribution in [3.05, 3.63) is 63.8 Å². The summed E-state index contributed by atoms with van der Waals surface area (Å²) >= 11 is 1.41. The number of carbonyl (C=O) groups is 1. The summed E-state index contributed by atoms with van der Waals surface area (Å²) in [6.07, 6.45) is 0. The molecule has 0 bridgehead atoms. The molecule has 11 heteroatoms. The third-order valence-electron chi connectivity index (χ3n) is 4.75. The van der Waals surface area contributed by atoms with Crippen LogP contribution in [0.25, 0.3) is 15.3 Å². The van der Waals surface area contributed by atoms with E-state index in [0.29, 0.717) is 22.3 Å². The van der Waals surface area contributed by atoms with Crippen LogP contribution in [0.4, 0.5) is 17.2 Å². The molecule has 2 aromatic heterocycles. The predicted molar refractivity (Wildman–Crippen MR) is 123 cm³/mol. The SMILES string of the molecule is COc1ccc2nc(-n3nc(C)cc3NC(=O)c3ccc(N(C)C)c([N+](=O)[O-])c3)sc2c1. The molecule has 2 heterocycles. The summed E-state index contributed by atoms with van der Waals surface area (Å²) in [5, 5.41) is 19.3. The minimum atomic E-state index is -0.504. The minimum absolute atomic E-state index is 0.146. The van der Waals surface area contributed by atoms with E-state index in [1.807, 2.05) is 18.2 Å². The standard InChI is InChI=1S/C21H20N6O4S/c1-12-9-19(23-20(28)13-5-8-16(25(2)3)17(10-13)27(29)30)26(24-12)21-22-15-7-6-14(31-4)11-18(15)32-21/h5-11H,1-4H3,(H,23,28). The van der Waals surface area contributed by atoms with Crippen LogP contribution in [0.2, 0.25) is 0 Å². The van der Waals surface area contributed by atoms with Crippen molar-refractivity contribution in [1.29, 1.82) is 0 Å². The van der Waals surface area contributed by atoms with Gasteiger partial charge in [0.15, 0.2) is 0 Å². The van der Waals surface area contributed by atoms with Gasteiger partial charge in [-0.05, 0) is 37.3 Å². The van der Waals surface area contributed by atoms with Crippen molar-refractivity contribution in [2.45, 2.75) is 6.92 Å². The summed E-state index contributed by atoms with van der Waals surface area (Å²) in [5.41, 5.74) is 1.91. The fourth-order valence-corrected chi connectivity index (χ4v) is 4.18. The summed E-state index contributed by atoms with van der Waals surface area (Å²) in [5.74, 6) is 0.654.